The number of amides is 1. The van der Waals surface area contributed by atoms with E-state index in [4.69, 9.17) is 0 Å². The van der Waals surface area contributed by atoms with Crippen LogP contribution in [0.2, 0.25) is 0 Å². The molecule has 1 fully saturated rings. The number of fused-ring (bicyclic) bond motifs is 1. The molecule has 0 atom stereocenters. The summed E-state index contributed by atoms with van der Waals surface area (Å²) in [7, 11) is 0. The molecule has 130 valence electrons. The van der Waals surface area contributed by atoms with E-state index in [1.165, 1.54) is 18.2 Å². The summed E-state index contributed by atoms with van der Waals surface area (Å²) >= 11 is 0. The standard InChI is InChI=1S/C17H21N7O/c1-12-8-13(23-6-4-18-5-7-23)2-3-15(12)22-24-11-21-16-14(17(24)25)9-19-10-20-16/h2-3,8-10,18,22H,4-7,11H2,1H3,(H,19,20,21). The second-order valence-corrected chi connectivity index (χ2v) is 6.20. The highest BCUT2D eigenvalue weighted by atomic mass is 16.2. The van der Waals surface area contributed by atoms with Crippen molar-refractivity contribution in [2.75, 3.05) is 48.5 Å². The number of aryl methyl sites for hydroxylation is 1. The topological polar surface area (TPSA) is 85.4 Å². The molecule has 3 heterocycles. The van der Waals surface area contributed by atoms with E-state index in [-0.39, 0.29) is 5.91 Å². The lowest BCUT2D eigenvalue weighted by atomic mass is 10.1. The summed E-state index contributed by atoms with van der Waals surface area (Å²) in [6, 6.07) is 6.28. The Hall–Kier alpha value is -2.87. The number of benzene rings is 1. The second kappa shape index (κ2) is 6.56. The van der Waals surface area contributed by atoms with Gasteiger partial charge in [-0.3, -0.25) is 10.2 Å². The molecule has 8 heteroatoms. The van der Waals surface area contributed by atoms with Crippen LogP contribution >= 0.6 is 0 Å². The molecule has 0 bridgehead atoms. The monoisotopic (exact) mass is 339 g/mol. The van der Waals surface area contributed by atoms with Gasteiger partial charge in [-0.25, -0.2) is 15.0 Å². The first-order valence-electron chi connectivity index (χ1n) is 8.41. The van der Waals surface area contributed by atoms with Gasteiger partial charge in [-0.05, 0) is 30.7 Å². The van der Waals surface area contributed by atoms with Gasteiger partial charge < -0.3 is 15.5 Å². The van der Waals surface area contributed by atoms with Gasteiger partial charge in [0.2, 0.25) is 0 Å². The molecule has 1 amide bonds. The van der Waals surface area contributed by atoms with Crippen LogP contribution in [0.4, 0.5) is 17.2 Å². The molecular weight excluding hydrogens is 318 g/mol. The van der Waals surface area contributed by atoms with Crippen molar-refractivity contribution in [1.82, 2.24) is 20.3 Å². The average molecular weight is 339 g/mol. The molecule has 2 aliphatic heterocycles. The highest BCUT2D eigenvalue weighted by Gasteiger charge is 2.25. The zero-order chi connectivity index (χ0) is 17.2. The van der Waals surface area contributed by atoms with E-state index in [1.807, 2.05) is 13.0 Å². The first kappa shape index (κ1) is 15.6. The van der Waals surface area contributed by atoms with Gasteiger partial charge in [-0.2, -0.15) is 0 Å². The van der Waals surface area contributed by atoms with Crippen LogP contribution in [0.25, 0.3) is 0 Å². The van der Waals surface area contributed by atoms with E-state index in [0.717, 1.165) is 37.4 Å². The molecule has 25 heavy (non-hydrogen) atoms. The lowest BCUT2D eigenvalue weighted by Crippen LogP contribution is -2.44. The SMILES string of the molecule is Cc1cc(N2CCNCC2)ccc1NN1CNc2ncncc2C1=O. The second-order valence-electron chi connectivity index (χ2n) is 6.20. The summed E-state index contributed by atoms with van der Waals surface area (Å²) in [5.74, 6) is 0.434. The van der Waals surface area contributed by atoms with Gasteiger partial charge in [0, 0.05) is 38.1 Å². The van der Waals surface area contributed by atoms with Crippen LogP contribution in [-0.2, 0) is 0 Å². The number of nitrogens with one attached hydrogen (secondary N) is 3. The number of aromatic nitrogens is 2. The molecule has 0 saturated carbocycles. The maximum atomic E-state index is 12.6. The third-order valence-electron chi connectivity index (χ3n) is 4.54. The third kappa shape index (κ3) is 3.08. The van der Waals surface area contributed by atoms with E-state index in [1.54, 1.807) is 5.01 Å². The van der Waals surface area contributed by atoms with Crippen LogP contribution in [0.15, 0.2) is 30.7 Å². The maximum absolute atomic E-state index is 12.6. The van der Waals surface area contributed by atoms with Crippen LogP contribution < -0.4 is 21.0 Å². The molecule has 2 aliphatic rings. The number of carbonyl (C=O) groups excluding carboxylic acids is 1. The molecule has 1 saturated heterocycles. The maximum Gasteiger partial charge on any atom is 0.279 e. The minimum atomic E-state index is -0.139. The van der Waals surface area contributed by atoms with Crippen molar-refractivity contribution in [2.24, 2.45) is 0 Å². The molecular formula is C17H21N7O. The van der Waals surface area contributed by atoms with E-state index in [2.05, 4.69) is 43.1 Å². The Morgan fingerprint density at radius 3 is 2.88 bits per heavy atom. The fourth-order valence-corrected chi connectivity index (χ4v) is 3.13. The van der Waals surface area contributed by atoms with Gasteiger partial charge >= 0.3 is 0 Å². The summed E-state index contributed by atoms with van der Waals surface area (Å²) in [5.41, 5.74) is 6.90. The lowest BCUT2D eigenvalue weighted by molar-refractivity contribution is 0.0793. The first-order chi connectivity index (χ1) is 12.2. The van der Waals surface area contributed by atoms with Crippen molar-refractivity contribution in [3.8, 4) is 0 Å². The van der Waals surface area contributed by atoms with Crippen LogP contribution in [-0.4, -0.2) is 53.7 Å². The molecule has 1 aromatic carbocycles. The van der Waals surface area contributed by atoms with Crippen LogP contribution in [0.1, 0.15) is 15.9 Å². The summed E-state index contributed by atoms with van der Waals surface area (Å²) in [4.78, 5) is 23.0. The predicted octanol–water partition coefficient (Wildman–Crippen LogP) is 1.05. The predicted molar refractivity (Wildman–Crippen MR) is 96.6 cm³/mol. The van der Waals surface area contributed by atoms with Crippen molar-refractivity contribution in [3.05, 3.63) is 41.9 Å². The first-order valence-corrected chi connectivity index (χ1v) is 8.41. The number of carbonyl (C=O) groups is 1. The Balaban J connectivity index is 1.50. The quantitative estimate of drug-likeness (QED) is 0.770. The average Bonchev–Trinajstić information content (AvgIpc) is 2.66. The molecule has 3 N–H and O–H groups in total. The van der Waals surface area contributed by atoms with Crippen molar-refractivity contribution in [3.63, 3.8) is 0 Å². The van der Waals surface area contributed by atoms with Crippen molar-refractivity contribution in [1.29, 1.82) is 0 Å². The fourth-order valence-electron chi connectivity index (χ4n) is 3.13. The molecule has 1 aromatic heterocycles. The Kier molecular flexibility index (Phi) is 4.10. The Morgan fingerprint density at radius 2 is 2.08 bits per heavy atom. The van der Waals surface area contributed by atoms with E-state index < -0.39 is 0 Å². The van der Waals surface area contributed by atoms with E-state index in [0.29, 0.717) is 18.1 Å². The molecule has 0 radical (unpaired) electrons. The molecule has 0 aliphatic carbocycles. The summed E-state index contributed by atoms with van der Waals surface area (Å²) in [5, 5.41) is 8.02. The highest BCUT2D eigenvalue weighted by Crippen LogP contribution is 2.25. The normalized spacial score (nSPS) is 17.1. The van der Waals surface area contributed by atoms with Gasteiger partial charge in [-0.15, -0.1) is 0 Å². The van der Waals surface area contributed by atoms with Crippen molar-refractivity contribution in [2.45, 2.75) is 6.92 Å². The fraction of sp³-hybridized carbons (Fsp3) is 0.353. The number of piperazine rings is 1. The number of hydrogen-bond donors (Lipinski definition) is 3. The smallest absolute Gasteiger partial charge is 0.279 e. The highest BCUT2D eigenvalue weighted by molar-refractivity contribution is 6.00. The van der Waals surface area contributed by atoms with Crippen LogP contribution in [0.5, 0.6) is 0 Å². The Bertz CT molecular complexity index is 788. The van der Waals surface area contributed by atoms with E-state index in [9.17, 15) is 4.79 Å². The number of anilines is 3. The number of hydrogen-bond acceptors (Lipinski definition) is 7. The largest absolute Gasteiger partial charge is 0.369 e. The van der Waals surface area contributed by atoms with Gasteiger partial charge in [-0.1, -0.05) is 0 Å². The number of hydrazine groups is 1. The van der Waals surface area contributed by atoms with Crippen LogP contribution in [0, 0.1) is 6.92 Å². The summed E-state index contributed by atoms with van der Waals surface area (Å²) < 4.78 is 0. The number of nitrogens with zero attached hydrogens (tertiary/aromatic N) is 4. The van der Waals surface area contributed by atoms with Crippen LogP contribution in [0.3, 0.4) is 0 Å². The van der Waals surface area contributed by atoms with Crippen molar-refractivity contribution >= 4 is 23.1 Å². The summed E-state index contributed by atoms with van der Waals surface area (Å²) in [6.07, 6.45) is 2.97. The summed E-state index contributed by atoms with van der Waals surface area (Å²) in [6.45, 7) is 6.44. The van der Waals surface area contributed by atoms with Gasteiger partial charge in [0.05, 0.1) is 5.69 Å². The molecule has 8 nitrogen and oxygen atoms in total. The molecule has 0 spiro atoms. The zero-order valence-electron chi connectivity index (χ0n) is 14.1. The zero-order valence-corrected chi connectivity index (χ0v) is 14.1. The molecule has 0 unspecified atom stereocenters. The van der Waals surface area contributed by atoms with Gasteiger partial charge in [0.15, 0.2) is 0 Å². The molecule has 2 aromatic rings. The third-order valence-corrected chi connectivity index (χ3v) is 4.54. The molecule has 4 rings (SSSR count). The number of rotatable bonds is 3. The lowest BCUT2D eigenvalue weighted by Gasteiger charge is -2.32. The van der Waals surface area contributed by atoms with Crippen molar-refractivity contribution < 1.29 is 4.79 Å². The minimum Gasteiger partial charge on any atom is -0.369 e. The Labute approximate surface area is 146 Å². The Morgan fingerprint density at radius 1 is 1.24 bits per heavy atom. The van der Waals surface area contributed by atoms with E-state index >= 15 is 0 Å². The minimum absolute atomic E-state index is 0.139. The van der Waals surface area contributed by atoms with Gasteiger partial charge in [0.25, 0.3) is 5.91 Å². The van der Waals surface area contributed by atoms with Gasteiger partial charge in [0.1, 0.15) is 24.4 Å².